The molecule has 0 fully saturated rings. The van der Waals surface area contributed by atoms with Gasteiger partial charge >= 0.3 is 30.3 Å². The van der Waals surface area contributed by atoms with Gasteiger partial charge in [0.25, 0.3) is 5.92 Å². The minimum absolute atomic E-state index is 0.00932. The average molecular weight is 548 g/mol. The Morgan fingerprint density at radius 1 is 0.784 bits per heavy atom. The third-order valence-corrected chi connectivity index (χ3v) is 3.79. The van der Waals surface area contributed by atoms with Crippen molar-refractivity contribution in [2.45, 2.75) is 45.1 Å². The molecule has 0 saturated carbocycles. The summed E-state index contributed by atoms with van der Waals surface area (Å²) in [6.45, 7) is 6.27. The van der Waals surface area contributed by atoms with E-state index in [1.807, 2.05) is 0 Å². The van der Waals surface area contributed by atoms with Crippen LogP contribution in [-0.2, 0) is 33.3 Å². The first-order valence-electron chi connectivity index (χ1n) is 10.5. The summed E-state index contributed by atoms with van der Waals surface area (Å²) in [7, 11) is 0. The molecule has 0 bridgehead atoms. The van der Waals surface area contributed by atoms with Gasteiger partial charge < -0.3 is 34.3 Å². The van der Waals surface area contributed by atoms with Crippen LogP contribution in [-0.4, -0.2) is 87.9 Å². The summed E-state index contributed by atoms with van der Waals surface area (Å²) in [5, 5.41) is 4.24. The standard InChI is InChI=1S/C21H29F5N2O9/c1-12(2)15(29)33-8-6-27-18(31)36-11-14(10-35-17(20(5,22)23)21(24,25)26)37-19(32)28-7-9-34-16(30)13(3)4/h14,17H,1,3,6-11H2,2,4-5H3,(H,27,31)(H,28,32). The van der Waals surface area contributed by atoms with Crippen molar-refractivity contribution >= 4 is 24.1 Å². The van der Waals surface area contributed by atoms with Gasteiger partial charge in [-0.2, -0.15) is 13.2 Å². The average Bonchev–Trinajstić information content (AvgIpc) is 2.75. The second-order valence-electron chi connectivity index (χ2n) is 7.52. The van der Waals surface area contributed by atoms with E-state index in [0.717, 1.165) is 0 Å². The highest BCUT2D eigenvalue weighted by Gasteiger charge is 2.54. The van der Waals surface area contributed by atoms with Crippen LogP contribution in [0.3, 0.4) is 0 Å². The summed E-state index contributed by atoms with van der Waals surface area (Å²) in [5.41, 5.74) is 0.209. The molecule has 0 aliphatic heterocycles. The van der Waals surface area contributed by atoms with Gasteiger partial charge in [-0.3, -0.25) is 0 Å². The van der Waals surface area contributed by atoms with Crippen molar-refractivity contribution in [1.29, 1.82) is 0 Å². The minimum Gasteiger partial charge on any atom is -0.460 e. The molecule has 0 saturated heterocycles. The van der Waals surface area contributed by atoms with E-state index in [1.54, 1.807) is 0 Å². The van der Waals surface area contributed by atoms with E-state index in [2.05, 4.69) is 28.5 Å². The number of amides is 2. The number of carbonyl (C=O) groups is 4. The maximum absolute atomic E-state index is 13.4. The van der Waals surface area contributed by atoms with Gasteiger partial charge in [0.1, 0.15) is 19.8 Å². The molecule has 37 heavy (non-hydrogen) atoms. The summed E-state index contributed by atoms with van der Waals surface area (Å²) in [6.07, 6.45) is -13.2. The summed E-state index contributed by atoms with van der Waals surface area (Å²) < 4.78 is 88.7. The van der Waals surface area contributed by atoms with Crippen molar-refractivity contribution in [2.75, 3.05) is 39.5 Å². The Balaban J connectivity index is 4.95. The molecule has 0 spiro atoms. The Morgan fingerprint density at radius 3 is 1.65 bits per heavy atom. The molecule has 11 nitrogen and oxygen atoms in total. The van der Waals surface area contributed by atoms with Gasteiger partial charge in [-0.25, -0.2) is 28.0 Å². The number of esters is 2. The van der Waals surface area contributed by atoms with Gasteiger partial charge in [-0.15, -0.1) is 0 Å². The normalized spacial score (nSPS) is 13.0. The highest BCUT2D eigenvalue weighted by Crippen LogP contribution is 2.34. The first-order chi connectivity index (χ1) is 16.9. The van der Waals surface area contributed by atoms with Gasteiger partial charge in [0.15, 0.2) is 6.10 Å². The van der Waals surface area contributed by atoms with E-state index in [0.29, 0.717) is 0 Å². The number of hydrogen-bond acceptors (Lipinski definition) is 9. The molecule has 2 atom stereocenters. The molecule has 2 amide bonds. The molecular weight excluding hydrogens is 519 g/mol. The predicted molar refractivity (Wildman–Crippen MR) is 116 cm³/mol. The van der Waals surface area contributed by atoms with E-state index < -0.39 is 61.6 Å². The molecule has 16 heteroatoms. The lowest BCUT2D eigenvalue weighted by Crippen LogP contribution is -2.47. The Kier molecular flexibility index (Phi) is 14.2. The Labute approximate surface area is 209 Å². The molecule has 212 valence electrons. The molecule has 2 unspecified atom stereocenters. The Bertz CT molecular complexity index is 814. The van der Waals surface area contributed by atoms with Crippen LogP contribution in [0.15, 0.2) is 24.3 Å². The van der Waals surface area contributed by atoms with Gasteiger partial charge in [0, 0.05) is 18.1 Å². The fourth-order valence-corrected chi connectivity index (χ4v) is 2.10. The van der Waals surface area contributed by atoms with Gasteiger partial charge in [0.05, 0.1) is 19.7 Å². The highest BCUT2D eigenvalue weighted by molar-refractivity contribution is 5.87. The van der Waals surface area contributed by atoms with Crippen molar-refractivity contribution in [3.63, 3.8) is 0 Å². The van der Waals surface area contributed by atoms with Gasteiger partial charge in [-0.1, -0.05) is 13.2 Å². The quantitative estimate of drug-likeness (QED) is 0.104. The number of ether oxygens (including phenoxy) is 5. The lowest BCUT2D eigenvalue weighted by atomic mass is 10.2. The number of halogens is 5. The van der Waals surface area contributed by atoms with Crippen LogP contribution < -0.4 is 10.6 Å². The van der Waals surface area contributed by atoms with Gasteiger partial charge in [0.2, 0.25) is 6.10 Å². The first kappa shape index (κ1) is 33.6. The molecule has 0 aliphatic carbocycles. The molecule has 0 aromatic rings. The monoisotopic (exact) mass is 548 g/mol. The number of carbonyl (C=O) groups excluding carboxylic acids is 4. The maximum atomic E-state index is 13.4. The maximum Gasteiger partial charge on any atom is 0.420 e. The van der Waals surface area contributed by atoms with Gasteiger partial charge in [-0.05, 0) is 13.8 Å². The summed E-state index contributed by atoms with van der Waals surface area (Å²) in [5.74, 6) is -5.79. The SMILES string of the molecule is C=C(C)C(=O)OCCNC(=O)OCC(COC(C(C)(F)F)C(F)(F)F)OC(=O)NCCOC(=O)C(=C)C. The third kappa shape index (κ3) is 15.3. The van der Waals surface area contributed by atoms with E-state index in [-0.39, 0.29) is 44.4 Å². The van der Waals surface area contributed by atoms with Crippen molar-refractivity contribution in [3.05, 3.63) is 24.3 Å². The zero-order chi connectivity index (χ0) is 28.8. The molecule has 0 aliphatic rings. The number of alkyl carbamates (subject to hydrolysis) is 2. The van der Waals surface area contributed by atoms with Crippen molar-refractivity contribution in [2.24, 2.45) is 0 Å². The number of hydrogen-bond donors (Lipinski definition) is 2. The summed E-state index contributed by atoms with van der Waals surface area (Å²) in [6, 6.07) is 0. The molecule has 0 aromatic carbocycles. The highest BCUT2D eigenvalue weighted by atomic mass is 19.4. The number of nitrogens with one attached hydrogen (secondary N) is 2. The Hall–Kier alpha value is -3.43. The van der Waals surface area contributed by atoms with Crippen LogP contribution in [0.25, 0.3) is 0 Å². The molecule has 0 heterocycles. The third-order valence-electron chi connectivity index (χ3n) is 3.79. The topological polar surface area (TPSA) is 138 Å². The summed E-state index contributed by atoms with van der Waals surface area (Å²) in [4.78, 5) is 46.2. The zero-order valence-electron chi connectivity index (χ0n) is 20.4. The Morgan fingerprint density at radius 2 is 1.24 bits per heavy atom. The molecule has 0 radical (unpaired) electrons. The van der Waals surface area contributed by atoms with Crippen LogP contribution >= 0.6 is 0 Å². The van der Waals surface area contributed by atoms with Crippen LogP contribution in [0.4, 0.5) is 31.5 Å². The van der Waals surface area contributed by atoms with Crippen molar-refractivity contribution < 1.29 is 64.8 Å². The second kappa shape index (κ2) is 15.6. The number of rotatable bonds is 15. The lowest BCUT2D eigenvalue weighted by Gasteiger charge is -2.27. The zero-order valence-corrected chi connectivity index (χ0v) is 20.4. The summed E-state index contributed by atoms with van der Waals surface area (Å²) >= 11 is 0. The van der Waals surface area contributed by atoms with Crippen LogP contribution in [0.5, 0.6) is 0 Å². The van der Waals surface area contributed by atoms with Crippen molar-refractivity contribution in [1.82, 2.24) is 10.6 Å². The lowest BCUT2D eigenvalue weighted by molar-refractivity contribution is -0.284. The second-order valence-corrected chi connectivity index (χ2v) is 7.52. The van der Waals surface area contributed by atoms with E-state index in [4.69, 9.17) is 18.9 Å². The molecule has 0 rings (SSSR count). The van der Waals surface area contributed by atoms with Crippen LogP contribution in [0.2, 0.25) is 0 Å². The first-order valence-corrected chi connectivity index (χ1v) is 10.5. The number of alkyl halides is 5. The molecule has 0 aromatic heterocycles. The van der Waals surface area contributed by atoms with E-state index in [9.17, 15) is 41.1 Å². The molecular formula is C21H29F5N2O9. The van der Waals surface area contributed by atoms with Crippen LogP contribution in [0, 0.1) is 0 Å². The predicted octanol–water partition coefficient (Wildman–Crippen LogP) is 2.65. The smallest absolute Gasteiger partial charge is 0.420 e. The van der Waals surface area contributed by atoms with Crippen LogP contribution in [0.1, 0.15) is 20.8 Å². The molecule has 2 N–H and O–H groups in total. The van der Waals surface area contributed by atoms with Crippen molar-refractivity contribution in [3.8, 4) is 0 Å². The van der Waals surface area contributed by atoms with E-state index >= 15 is 0 Å². The fourth-order valence-electron chi connectivity index (χ4n) is 2.10. The largest absolute Gasteiger partial charge is 0.460 e. The fraction of sp³-hybridized carbons (Fsp3) is 0.619. The van der Waals surface area contributed by atoms with E-state index in [1.165, 1.54) is 13.8 Å². The minimum atomic E-state index is -5.46.